The molecule has 2 N–H and O–H groups in total. The molecule has 4 nitrogen and oxygen atoms in total. The fourth-order valence-electron chi connectivity index (χ4n) is 1.28. The van der Waals surface area contributed by atoms with E-state index in [9.17, 15) is 9.59 Å². The Morgan fingerprint density at radius 2 is 1.82 bits per heavy atom. The Morgan fingerprint density at radius 3 is 2.35 bits per heavy atom. The molecule has 0 bridgehead atoms. The first kappa shape index (κ1) is 13.0. The van der Waals surface area contributed by atoms with E-state index in [-0.39, 0.29) is 5.91 Å². The van der Waals surface area contributed by atoms with Gasteiger partial charge in [0.25, 0.3) is 5.91 Å². The quantitative estimate of drug-likeness (QED) is 0.780. The molecule has 0 aliphatic heterocycles. The molecule has 0 atom stereocenters. The van der Waals surface area contributed by atoms with E-state index in [1.165, 1.54) is 6.08 Å². The summed E-state index contributed by atoms with van der Waals surface area (Å²) >= 11 is 0. The van der Waals surface area contributed by atoms with Crippen LogP contribution in [0.2, 0.25) is 0 Å². The number of amides is 1. The molecule has 0 saturated heterocycles. The first-order valence-corrected chi connectivity index (χ1v) is 5.20. The summed E-state index contributed by atoms with van der Waals surface area (Å²) in [5, 5.41) is 11.3. The third kappa shape index (κ3) is 4.51. The summed E-state index contributed by atoms with van der Waals surface area (Å²) in [6.07, 6.45) is 2.46. The average molecular weight is 233 g/mol. The third-order valence-electron chi connectivity index (χ3n) is 2.11. The number of benzene rings is 1. The summed E-state index contributed by atoms with van der Waals surface area (Å²) in [4.78, 5) is 22.2. The Bertz CT molecular complexity index is 435. The zero-order valence-corrected chi connectivity index (χ0v) is 9.81. The second-order valence-corrected chi connectivity index (χ2v) is 4.21. The third-order valence-corrected chi connectivity index (χ3v) is 2.11. The van der Waals surface area contributed by atoms with Crippen LogP contribution in [-0.2, 0) is 4.79 Å². The van der Waals surface area contributed by atoms with E-state index in [2.05, 4.69) is 5.32 Å². The first-order chi connectivity index (χ1) is 7.91. The van der Waals surface area contributed by atoms with Crippen LogP contribution < -0.4 is 5.32 Å². The van der Waals surface area contributed by atoms with Gasteiger partial charge in [-0.1, -0.05) is 24.3 Å². The van der Waals surface area contributed by atoms with Crippen molar-refractivity contribution in [1.82, 2.24) is 5.32 Å². The highest BCUT2D eigenvalue weighted by molar-refractivity contribution is 5.94. The second kappa shape index (κ2) is 5.30. The molecule has 0 spiro atoms. The van der Waals surface area contributed by atoms with Crippen molar-refractivity contribution in [3.05, 3.63) is 48.0 Å². The minimum Gasteiger partial charge on any atom is -0.478 e. The fraction of sp³-hybridized carbons (Fsp3) is 0.231. The topological polar surface area (TPSA) is 66.4 Å². The molecule has 0 aliphatic carbocycles. The van der Waals surface area contributed by atoms with Crippen LogP contribution in [0.15, 0.2) is 42.5 Å². The minimum absolute atomic E-state index is 0.231. The summed E-state index contributed by atoms with van der Waals surface area (Å²) < 4.78 is 0. The van der Waals surface area contributed by atoms with E-state index in [1.54, 1.807) is 38.1 Å². The van der Waals surface area contributed by atoms with Gasteiger partial charge in [-0.25, -0.2) is 4.79 Å². The Kier molecular flexibility index (Phi) is 4.04. The number of carboxylic acids is 1. The van der Waals surface area contributed by atoms with E-state index < -0.39 is 11.5 Å². The SMILES string of the molecule is CC(C)(/C=C/C(=O)O)NC(=O)c1ccccc1. The average Bonchev–Trinajstić information content (AvgIpc) is 2.27. The van der Waals surface area contributed by atoms with Crippen LogP contribution in [0.3, 0.4) is 0 Å². The predicted molar refractivity (Wildman–Crippen MR) is 64.8 cm³/mol. The monoisotopic (exact) mass is 233 g/mol. The molecule has 0 saturated carbocycles. The van der Waals surface area contributed by atoms with Gasteiger partial charge in [-0.05, 0) is 26.0 Å². The molecular formula is C13H15NO3. The lowest BCUT2D eigenvalue weighted by atomic mass is 10.0. The summed E-state index contributed by atoms with van der Waals surface area (Å²) in [5.41, 5.74) is -0.157. The largest absolute Gasteiger partial charge is 0.478 e. The van der Waals surface area contributed by atoms with Gasteiger partial charge in [0.15, 0.2) is 0 Å². The van der Waals surface area contributed by atoms with Gasteiger partial charge in [-0.2, -0.15) is 0 Å². The van der Waals surface area contributed by atoms with Crippen LogP contribution in [0.4, 0.5) is 0 Å². The van der Waals surface area contributed by atoms with Crippen molar-refractivity contribution < 1.29 is 14.7 Å². The molecule has 17 heavy (non-hydrogen) atoms. The van der Waals surface area contributed by atoms with Crippen LogP contribution >= 0.6 is 0 Å². The van der Waals surface area contributed by atoms with Gasteiger partial charge in [0.2, 0.25) is 0 Å². The molecule has 4 heteroatoms. The van der Waals surface area contributed by atoms with Gasteiger partial charge in [-0.3, -0.25) is 4.79 Å². The van der Waals surface area contributed by atoms with E-state index in [1.807, 2.05) is 6.07 Å². The second-order valence-electron chi connectivity index (χ2n) is 4.21. The number of carbonyl (C=O) groups is 2. The van der Waals surface area contributed by atoms with Crippen molar-refractivity contribution in [3.8, 4) is 0 Å². The van der Waals surface area contributed by atoms with Crippen molar-refractivity contribution in [1.29, 1.82) is 0 Å². The number of aliphatic carboxylic acids is 1. The van der Waals surface area contributed by atoms with Crippen molar-refractivity contribution >= 4 is 11.9 Å². The van der Waals surface area contributed by atoms with Gasteiger partial charge >= 0.3 is 5.97 Å². The first-order valence-electron chi connectivity index (χ1n) is 5.20. The van der Waals surface area contributed by atoms with Gasteiger partial charge in [0.1, 0.15) is 0 Å². The molecule has 90 valence electrons. The number of hydrogen-bond acceptors (Lipinski definition) is 2. The Morgan fingerprint density at radius 1 is 1.24 bits per heavy atom. The molecule has 1 rings (SSSR count). The number of rotatable bonds is 4. The van der Waals surface area contributed by atoms with Crippen molar-refractivity contribution in [2.24, 2.45) is 0 Å². The highest BCUT2D eigenvalue weighted by atomic mass is 16.4. The number of carbonyl (C=O) groups excluding carboxylic acids is 1. The molecular weight excluding hydrogens is 218 g/mol. The number of hydrogen-bond donors (Lipinski definition) is 2. The van der Waals surface area contributed by atoms with Gasteiger partial charge in [0.05, 0.1) is 5.54 Å². The molecule has 0 aromatic heterocycles. The number of carboxylic acid groups (broad SMARTS) is 1. The molecule has 0 radical (unpaired) electrons. The minimum atomic E-state index is -1.04. The molecule has 0 heterocycles. The number of nitrogens with one attached hydrogen (secondary N) is 1. The highest BCUT2D eigenvalue weighted by Gasteiger charge is 2.17. The van der Waals surface area contributed by atoms with Crippen LogP contribution in [0, 0.1) is 0 Å². The smallest absolute Gasteiger partial charge is 0.328 e. The summed E-state index contributed by atoms with van der Waals surface area (Å²) in [6.45, 7) is 3.46. The van der Waals surface area contributed by atoms with E-state index >= 15 is 0 Å². The maximum Gasteiger partial charge on any atom is 0.328 e. The summed E-state index contributed by atoms with van der Waals surface area (Å²) in [5.74, 6) is -1.27. The Labute approximate surface area is 100.0 Å². The van der Waals surface area contributed by atoms with Crippen LogP contribution in [0.25, 0.3) is 0 Å². The molecule has 0 fully saturated rings. The molecule has 1 amide bonds. The van der Waals surface area contributed by atoms with Crippen LogP contribution in [0.5, 0.6) is 0 Å². The highest BCUT2D eigenvalue weighted by Crippen LogP contribution is 2.07. The lowest BCUT2D eigenvalue weighted by Crippen LogP contribution is -2.41. The Hall–Kier alpha value is -2.10. The van der Waals surface area contributed by atoms with Crippen LogP contribution in [0.1, 0.15) is 24.2 Å². The predicted octanol–water partition coefficient (Wildman–Crippen LogP) is 1.84. The van der Waals surface area contributed by atoms with Crippen molar-refractivity contribution in [3.63, 3.8) is 0 Å². The lowest BCUT2D eigenvalue weighted by molar-refractivity contribution is -0.131. The van der Waals surface area contributed by atoms with E-state index in [0.717, 1.165) is 6.08 Å². The molecule has 1 aromatic rings. The standard InChI is InChI=1S/C13H15NO3/c1-13(2,9-8-11(15)16)14-12(17)10-6-4-3-5-7-10/h3-9H,1-2H3,(H,14,17)(H,15,16)/b9-8+. The lowest BCUT2D eigenvalue weighted by Gasteiger charge is -2.22. The zero-order chi connectivity index (χ0) is 12.9. The van der Waals surface area contributed by atoms with Gasteiger partial charge in [-0.15, -0.1) is 0 Å². The maximum atomic E-state index is 11.8. The molecule has 0 aliphatic rings. The molecule has 0 unspecified atom stereocenters. The molecule has 1 aromatic carbocycles. The maximum absolute atomic E-state index is 11.8. The van der Waals surface area contributed by atoms with Gasteiger partial charge in [0, 0.05) is 11.6 Å². The summed E-state index contributed by atoms with van der Waals surface area (Å²) in [7, 11) is 0. The zero-order valence-electron chi connectivity index (χ0n) is 9.81. The van der Waals surface area contributed by atoms with Crippen molar-refractivity contribution in [2.45, 2.75) is 19.4 Å². The van der Waals surface area contributed by atoms with Crippen molar-refractivity contribution in [2.75, 3.05) is 0 Å². The summed E-state index contributed by atoms with van der Waals surface area (Å²) in [6, 6.07) is 8.77. The Balaban J connectivity index is 2.71. The van der Waals surface area contributed by atoms with Crippen LogP contribution in [-0.4, -0.2) is 22.5 Å². The fourth-order valence-corrected chi connectivity index (χ4v) is 1.28. The normalized spacial score (nSPS) is 11.4. The van der Waals surface area contributed by atoms with E-state index in [0.29, 0.717) is 5.56 Å². The van der Waals surface area contributed by atoms with E-state index in [4.69, 9.17) is 5.11 Å². The van der Waals surface area contributed by atoms with Gasteiger partial charge < -0.3 is 10.4 Å².